The summed E-state index contributed by atoms with van der Waals surface area (Å²) in [5, 5.41) is 5.49. The van der Waals surface area contributed by atoms with Crippen molar-refractivity contribution in [1.29, 1.82) is 0 Å². The molecule has 0 saturated heterocycles. The average Bonchev–Trinajstić information content (AvgIpc) is 3.31. The lowest BCUT2D eigenvalue weighted by Gasteiger charge is -2.44. The number of benzene rings is 8. The van der Waals surface area contributed by atoms with Gasteiger partial charge in [-0.3, -0.25) is 0 Å². The molecule has 0 saturated carbocycles. The van der Waals surface area contributed by atoms with E-state index in [1.165, 1.54) is 28.7 Å². The van der Waals surface area contributed by atoms with Crippen molar-refractivity contribution in [1.82, 2.24) is 0 Å². The van der Waals surface area contributed by atoms with E-state index in [-0.39, 0.29) is 21.2 Å². The molecule has 8 rings (SSSR count). The van der Waals surface area contributed by atoms with Crippen molar-refractivity contribution in [3.05, 3.63) is 208 Å². The number of rotatable bonds is 6. The van der Waals surface area contributed by atoms with Crippen LogP contribution in [0.25, 0.3) is 21.5 Å². The zero-order valence-corrected chi connectivity index (χ0v) is 33.8. The molecule has 0 aliphatic rings. The van der Waals surface area contributed by atoms with Gasteiger partial charge in [0.25, 0.3) is 0 Å². The summed E-state index contributed by atoms with van der Waals surface area (Å²) in [6.45, 7) is 0. The SMILES string of the molecule is Fc1c(F)c(F)c([B-](c2c(F)c(F)c(F)c(F)c2F)(c2c(F)c(F)c(F)c(F)c2F)c2c(F)c(F)c(F)c(F)c2F)c(F)c1F.c1ccc2c([I+]c3cccc4ccccc34)cccc2c1. The summed E-state index contributed by atoms with van der Waals surface area (Å²) in [5.74, 6) is -71.4. The van der Waals surface area contributed by atoms with Crippen LogP contribution in [0.5, 0.6) is 0 Å². The fourth-order valence-electron chi connectivity index (χ4n) is 7.52. The Morgan fingerprint density at radius 2 is 0.424 bits per heavy atom. The highest BCUT2D eigenvalue weighted by atomic mass is 127. The highest BCUT2D eigenvalue weighted by Crippen LogP contribution is 2.31. The van der Waals surface area contributed by atoms with Crippen LogP contribution in [0.4, 0.5) is 87.8 Å². The standard InChI is InChI=1S/C24BF20.C20H14I/c26-5-1(6(27)14(35)21(42)13(5)34)25(2-7(28)15(36)22(43)16(37)8(2)29,3-9(30)17(38)23(44)18(39)10(3)31)4-11(32)19(40)24(45)20(41)12(4)33;1-3-11-17-15(7-1)9-5-13-19(17)21-20-14-6-10-16-8-2-4-12-18(16)20/h;1-14H/q-1;+1. The molecule has 8 aromatic rings. The van der Waals surface area contributed by atoms with E-state index < -0.39 is 144 Å². The molecular weight excluding hydrogens is 1050 g/mol. The summed E-state index contributed by atoms with van der Waals surface area (Å²) in [5.41, 5.74) is -14.3. The fourth-order valence-corrected chi connectivity index (χ4v) is 10.5. The van der Waals surface area contributed by atoms with Gasteiger partial charge in [-0.1, -0.05) is 60.7 Å². The Morgan fingerprint density at radius 3 is 0.667 bits per heavy atom. The zero-order valence-electron chi connectivity index (χ0n) is 31.6. The van der Waals surface area contributed by atoms with Crippen molar-refractivity contribution in [2.75, 3.05) is 0 Å². The summed E-state index contributed by atoms with van der Waals surface area (Å²) in [6.07, 6.45) is -7.22. The van der Waals surface area contributed by atoms with Gasteiger partial charge in [0.15, 0.2) is 69.8 Å². The van der Waals surface area contributed by atoms with Gasteiger partial charge in [0, 0.05) is 10.8 Å². The predicted molar refractivity (Wildman–Crippen MR) is 195 cm³/mol. The molecule has 0 N–H and O–H groups in total. The van der Waals surface area contributed by atoms with E-state index in [0.29, 0.717) is 0 Å². The molecule has 0 radical (unpaired) electrons. The predicted octanol–water partition coefficient (Wildman–Crippen LogP) is 7.97. The summed E-state index contributed by atoms with van der Waals surface area (Å²) >= 11 is -0.176. The molecular formula is C44H14BF20I. The second-order valence-electron chi connectivity index (χ2n) is 13.8. The lowest BCUT2D eigenvalue weighted by Crippen LogP contribution is -3.61. The monoisotopic (exact) mass is 1060 g/mol. The van der Waals surface area contributed by atoms with Crippen LogP contribution in [0.2, 0.25) is 0 Å². The molecule has 22 heteroatoms. The third-order valence-electron chi connectivity index (χ3n) is 10.4. The molecule has 66 heavy (non-hydrogen) atoms. The van der Waals surface area contributed by atoms with Gasteiger partial charge >= 0.3 is 21.2 Å². The third-order valence-corrected chi connectivity index (χ3v) is 13.4. The van der Waals surface area contributed by atoms with Gasteiger partial charge in [-0.15, -0.1) is 21.9 Å². The topological polar surface area (TPSA) is 0 Å². The molecule has 0 atom stereocenters. The smallest absolute Gasteiger partial charge is 0.207 e. The lowest BCUT2D eigenvalue weighted by atomic mass is 9.12. The van der Waals surface area contributed by atoms with Crippen molar-refractivity contribution in [2.24, 2.45) is 0 Å². The minimum Gasteiger partial charge on any atom is -0.207 e. The molecule has 0 nitrogen and oxygen atoms in total. The minimum absolute atomic E-state index is 0.176. The highest BCUT2D eigenvalue weighted by Gasteiger charge is 2.52. The first-order valence-corrected chi connectivity index (χ1v) is 20.1. The largest absolute Gasteiger partial charge is 0.359 e. The third kappa shape index (κ3) is 7.27. The number of hydrogen-bond donors (Lipinski definition) is 0. The van der Waals surface area contributed by atoms with Gasteiger partial charge in [-0.2, -0.15) is 0 Å². The van der Waals surface area contributed by atoms with Crippen molar-refractivity contribution in [3.63, 3.8) is 0 Å². The van der Waals surface area contributed by atoms with Crippen molar-refractivity contribution in [2.45, 2.75) is 0 Å². The van der Waals surface area contributed by atoms with E-state index in [9.17, 15) is 52.7 Å². The molecule has 0 fully saturated rings. The van der Waals surface area contributed by atoms with E-state index in [1.807, 2.05) is 0 Å². The first-order valence-electron chi connectivity index (χ1n) is 18.0. The Morgan fingerprint density at radius 1 is 0.227 bits per heavy atom. The van der Waals surface area contributed by atoms with Crippen molar-refractivity contribution >= 4 is 49.5 Å². The van der Waals surface area contributed by atoms with E-state index in [1.54, 1.807) is 0 Å². The van der Waals surface area contributed by atoms with Crippen molar-refractivity contribution < 1.29 is 109 Å². The van der Waals surface area contributed by atoms with Gasteiger partial charge in [-0.25, -0.2) is 87.8 Å². The van der Waals surface area contributed by atoms with Crippen LogP contribution >= 0.6 is 0 Å². The van der Waals surface area contributed by atoms with Crippen LogP contribution in [0.15, 0.2) is 84.9 Å². The summed E-state index contributed by atoms with van der Waals surface area (Å²) < 4.78 is 297. The van der Waals surface area contributed by atoms with Crippen LogP contribution in [-0.2, 0) is 0 Å². The minimum atomic E-state index is -7.22. The molecule has 8 aromatic carbocycles. The molecule has 340 valence electrons. The van der Waals surface area contributed by atoms with Gasteiger partial charge in [0.2, 0.25) is 7.14 Å². The molecule has 0 aliphatic carbocycles. The summed E-state index contributed by atoms with van der Waals surface area (Å²) in [4.78, 5) is 0. The average molecular weight is 1060 g/mol. The molecule has 0 spiro atoms. The van der Waals surface area contributed by atoms with Crippen LogP contribution in [0.1, 0.15) is 0 Å². The van der Waals surface area contributed by atoms with Gasteiger partial charge < -0.3 is 0 Å². The second kappa shape index (κ2) is 17.8. The highest BCUT2D eigenvalue weighted by molar-refractivity contribution is 7.20. The normalized spacial score (nSPS) is 11.7. The van der Waals surface area contributed by atoms with E-state index in [0.717, 1.165) is 0 Å². The van der Waals surface area contributed by atoms with Crippen LogP contribution in [0, 0.1) is 123 Å². The molecule has 0 aromatic heterocycles. The molecule has 0 amide bonds. The number of fused-ring (bicyclic) bond motifs is 2. The Labute approximate surface area is 365 Å². The summed E-state index contributed by atoms with van der Waals surface area (Å²) in [6, 6.07) is 30.7. The first-order chi connectivity index (χ1) is 31.1. The number of halogens is 21. The van der Waals surface area contributed by atoms with Crippen LogP contribution in [-0.4, -0.2) is 6.15 Å². The molecule has 0 aliphatic heterocycles. The summed E-state index contributed by atoms with van der Waals surface area (Å²) in [7, 11) is 0. The quantitative estimate of drug-likeness (QED) is 0.0522. The first kappa shape index (κ1) is 47.6. The Bertz CT molecular complexity index is 2830. The molecule has 0 heterocycles. The Kier molecular flexibility index (Phi) is 12.9. The fraction of sp³-hybridized carbons (Fsp3) is 0. The van der Waals surface area contributed by atoms with Gasteiger partial charge in [-0.05, 0) is 35.0 Å². The maximum Gasteiger partial charge on any atom is 0.359 e. The maximum atomic E-state index is 15.4. The Balaban J connectivity index is 0.000000254. The van der Waals surface area contributed by atoms with Crippen LogP contribution < -0.4 is 43.1 Å². The zero-order chi connectivity index (χ0) is 48.4. The van der Waals surface area contributed by atoms with E-state index >= 15 is 35.1 Å². The van der Waals surface area contributed by atoms with Crippen LogP contribution in [0.3, 0.4) is 0 Å². The molecule has 0 bridgehead atoms. The van der Waals surface area contributed by atoms with E-state index in [4.69, 9.17) is 0 Å². The maximum absolute atomic E-state index is 15.4. The lowest BCUT2D eigenvalue weighted by molar-refractivity contribution is -0.592. The number of hydrogen-bond acceptors (Lipinski definition) is 0. The Hall–Kier alpha value is -6.33. The van der Waals surface area contributed by atoms with Gasteiger partial charge in [0.05, 0.1) is 0 Å². The van der Waals surface area contributed by atoms with E-state index in [2.05, 4.69) is 84.9 Å². The second-order valence-corrected chi connectivity index (χ2v) is 16.7. The van der Waals surface area contributed by atoms with Crippen molar-refractivity contribution in [3.8, 4) is 0 Å². The van der Waals surface area contributed by atoms with Gasteiger partial charge in [0.1, 0.15) is 52.7 Å². The molecule has 0 unspecified atom stereocenters.